The van der Waals surface area contributed by atoms with Gasteiger partial charge in [0.15, 0.2) is 17.3 Å². The average Bonchev–Trinajstić information content (AvgIpc) is 2.82. The Morgan fingerprint density at radius 3 is 2.62 bits per heavy atom. The number of allylic oxidation sites excluding steroid dienone is 1. The predicted octanol–water partition coefficient (Wildman–Crippen LogP) is 3.70. The van der Waals surface area contributed by atoms with Gasteiger partial charge in [-0.2, -0.15) is 0 Å². The molecular weight excluding hydrogens is 447 g/mol. The van der Waals surface area contributed by atoms with E-state index < -0.39 is 29.9 Å². The number of carbonyl (C=O) groups is 2. The molecule has 1 N–H and O–H groups in total. The number of rotatable bonds is 9. The van der Waals surface area contributed by atoms with Gasteiger partial charge in [-0.15, -0.1) is 0 Å². The molecule has 1 aromatic rings. The summed E-state index contributed by atoms with van der Waals surface area (Å²) in [7, 11) is 2.92. The van der Waals surface area contributed by atoms with Gasteiger partial charge in [-0.1, -0.05) is 13.0 Å². The van der Waals surface area contributed by atoms with Crippen molar-refractivity contribution in [2.75, 3.05) is 14.2 Å². The zero-order valence-electron chi connectivity index (χ0n) is 19.8. The van der Waals surface area contributed by atoms with E-state index in [1.165, 1.54) is 32.4 Å². The number of aryl methyl sites for hydroxylation is 1. The zero-order chi connectivity index (χ0) is 24.9. The molecule has 0 bridgehead atoms. The standard InChI is InChI=1S/C25H31FO8/c1-5-22(28)16-11-23(34-33-19-7-9-21(26)15(2)10-19)20(25(14-16,30-3)31-4)8-6-18-12-17(27)13-24(29)32-18/h6-10,16-18,27H,5,11-14H2,1-4H3/t16?,17-,18-/m0/s1. The Balaban J connectivity index is 1.97. The van der Waals surface area contributed by atoms with Crippen molar-refractivity contribution in [1.29, 1.82) is 0 Å². The van der Waals surface area contributed by atoms with E-state index in [2.05, 4.69) is 0 Å². The van der Waals surface area contributed by atoms with E-state index in [0.29, 0.717) is 23.3 Å². The summed E-state index contributed by atoms with van der Waals surface area (Å²) in [6.07, 6.45) is 2.84. The van der Waals surface area contributed by atoms with Gasteiger partial charge in [-0.05, 0) is 36.8 Å². The Labute approximate surface area is 198 Å². The predicted molar refractivity (Wildman–Crippen MR) is 119 cm³/mol. The van der Waals surface area contributed by atoms with Crippen LogP contribution in [0.3, 0.4) is 0 Å². The zero-order valence-corrected chi connectivity index (χ0v) is 19.8. The first kappa shape index (κ1) is 25.9. The van der Waals surface area contributed by atoms with Crippen LogP contribution < -0.4 is 4.89 Å². The van der Waals surface area contributed by atoms with Crippen molar-refractivity contribution < 1.29 is 43.1 Å². The fourth-order valence-corrected chi connectivity index (χ4v) is 4.24. The third-order valence-corrected chi connectivity index (χ3v) is 6.16. The van der Waals surface area contributed by atoms with E-state index in [-0.39, 0.29) is 43.0 Å². The second kappa shape index (κ2) is 11.1. The molecule has 8 nitrogen and oxygen atoms in total. The molecule has 1 heterocycles. The van der Waals surface area contributed by atoms with Gasteiger partial charge in [-0.25, -0.2) is 4.39 Å². The van der Waals surface area contributed by atoms with Crippen LogP contribution in [0.5, 0.6) is 5.75 Å². The highest BCUT2D eigenvalue weighted by molar-refractivity contribution is 5.81. The van der Waals surface area contributed by atoms with Gasteiger partial charge >= 0.3 is 5.97 Å². The van der Waals surface area contributed by atoms with Gasteiger partial charge in [0.2, 0.25) is 0 Å². The summed E-state index contributed by atoms with van der Waals surface area (Å²) in [5, 5.41) is 9.90. The van der Waals surface area contributed by atoms with Gasteiger partial charge in [0.25, 0.3) is 0 Å². The fraction of sp³-hybridized carbons (Fsp3) is 0.520. The number of methoxy groups -OCH3 is 2. The maximum atomic E-state index is 13.6. The Morgan fingerprint density at radius 1 is 1.26 bits per heavy atom. The van der Waals surface area contributed by atoms with E-state index in [9.17, 15) is 19.1 Å². The number of hydrogen-bond acceptors (Lipinski definition) is 8. The number of aliphatic hydroxyl groups is 1. The summed E-state index contributed by atoms with van der Waals surface area (Å²) in [5.74, 6) is -2.03. The molecule has 1 saturated heterocycles. The largest absolute Gasteiger partial charge is 0.458 e. The van der Waals surface area contributed by atoms with Crippen LogP contribution in [-0.2, 0) is 28.7 Å². The molecule has 3 rings (SSSR count). The van der Waals surface area contributed by atoms with E-state index in [1.54, 1.807) is 26.0 Å². The minimum absolute atomic E-state index is 0.0181. The monoisotopic (exact) mass is 478 g/mol. The molecule has 9 heteroatoms. The number of ether oxygens (including phenoxy) is 3. The minimum Gasteiger partial charge on any atom is -0.458 e. The van der Waals surface area contributed by atoms with Gasteiger partial charge in [-0.3, -0.25) is 19.4 Å². The lowest BCUT2D eigenvalue weighted by Gasteiger charge is -2.39. The SMILES string of the molecule is CCC(=O)C1CC(OOc2ccc(F)c(C)c2)=C(C=C[C@H]2C[C@H](O)CC(=O)O2)C(OC)(OC)C1. The van der Waals surface area contributed by atoms with Crippen LogP contribution in [0.15, 0.2) is 41.7 Å². The molecule has 34 heavy (non-hydrogen) atoms. The number of carbonyl (C=O) groups excluding carboxylic acids is 2. The molecule has 0 spiro atoms. The number of aliphatic hydroxyl groups excluding tert-OH is 1. The molecule has 1 aliphatic heterocycles. The van der Waals surface area contributed by atoms with Crippen LogP contribution in [0.25, 0.3) is 0 Å². The summed E-state index contributed by atoms with van der Waals surface area (Å²) >= 11 is 0. The van der Waals surface area contributed by atoms with Gasteiger partial charge in [0, 0.05) is 45.8 Å². The Kier molecular flexibility index (Phi) is 8.46. The third kappa shape index (κ3) is 5.84. The van der Waals surface area contributed by atoms with Crippen LogP contribution in [0.1, 0.15) is 44.6 Å². The van der Waals surface area contributed by atoms with E-state index >= 15 is 0 Å². The lowest BCUT2D eigenvalue weighted by molar-refractivity contribution is -0.215. The first-order chi connectivity index (χ1) is 16.2. The molecule has 1 aliphatic carbocycles. The number of ketones is 1. The fourth-order valence-electron chi connectivity index (χ4n) is 4.24. The smallest absolute Gasteiger partial charge is 0.309 e. The quantitative estimate of drug-likeness (QED) is 0.248. The molecule has 0 saturated carbocycles. The van der Waals surface area contributed by atoms with Gasteiger partial charge < -0.3 is 19.3 Å². The molecule has 186 valence electrons. The molecule has 0 aromatic heterocycles. The highest BCUT2D eigenvalue weighted by Crippen LogP contribution is 2.42. The lowest BCUT2D eigenvalue weighted by Crippen LogP contribution is -2.44. The third-order valence-electron chi connectivity index (χ3n) is 6.16. The van der Waals surface area contributed by atoms with Crippen molar-refractivity contribution in [3.8, 4) is 5.75 Å². The molecule has 1 unspecified atom stereocenters. The van der Waals surface area contributed by atoms with E-state index in [0.717, 1.165) is 0 Å². The first-order valence-electron chi connectivity index (χ1n) is 11.2. The average molecular weight is 479 g/mol. The highest BCUT2D eigenvalue weighted by atomic mass is 19.1. The number of hydrogen-bond donors (Lipinski definition) is 1. The van der Waals surface area contributed by atoms with Gasteiger partial charge in [0.05, 0.1) is 18.1 Å². The molecule has 2 aliphatic rings. The van der Waals surface area contributed by atoms with Crippen LogP contribution in [-0.4, -0.2) is 49.1 Å². The van der Waals surface area contributed by atoms with Crippen molar-refractivity contribution in [2.24, 2.45) is 5.92 Å². The number of Topliss-reactive ketones (excluding diaryl/α,β-unsaturated/α-hetero) is 1. The second-order valence-electron chi connectivity index (χ2n) is 8.48. The Morgan fingerprint density at radius 2 is 2.00 bits per heavy atom. The van der Waals surface area contributed by atoms with Crippen molar-refractivity contribution in [3.05, 3.63) is 53.1 Å². The molecule has 1 aromatic carbocycles. The minimum atomic E-state index is -1.32. The van der Waals surface area contributed by atoms with Crippen molar-refractivity contribution in [1.82, 2.24) is 0 Å². The summed E-state index contributed by atoms with van der Waals surface area (Å²) in [5.41, 5.74) is 0.839. The Hall–Kier alpha value is -2.75. The summed E-state index contributed by atoms with van der Waals surface area (Å²) in [6.45, 7) is 3.39. The lowest BCUT2D eigenvalue weighted by atomic mass is 9.80. The number of benzene rings is 1. The van der Waals surface area contributed by atoms with E-state index in [4.69, 9.17) is 24.0 Å². The van der Waals surface area contributed by atoms with Crippen molar-refractivity contribution in [2.45, 2.75) is 63.9 Å². The maximum absolute atomic E-state index is 13.6. The van der Waals surface area contributed by atoms with Crippen molar-refractivity contribution in [3.63, 3.8) is 0 Å². The summed E-state index contributed by atoms with van der Waals surface area (Å²) in [6, 6.07) is 4.19. The van der Waals surface area contributed by atoms with Crippen LogP contribution in [0, 0.1) is 18.7 Å². The molecule has 0 amide bonds. The second-order valence-corrected chi connectivity index (χ2v) is 8.48. The van der Waals surface area contributed by atoms with Crippen LogP contribution >= 0.6 is 0 Å². The number of cyclic esters (lactones) is 1. The topological polar surface area (TPSA) is 101 Å². The normalized spacial score (nSPS) is 24.8. The van der Waals surface area contributed by atoms with E-state index in [1.807, 2.05) is 0 Å². The first-order valence-corrected chi connectivity index (χ1v) is 11.2. The highest BCUT2D eigenvalue weighted by Gasteiger charge is 2.45. The molecule has 0 radical (unpaired) electrons. The maximum Gasteiger partial charge on any atom is 0.309 e. The number of esters is 1. The van der Waals surface area contributed by atoms with Crippen molar-refractivity contribution >= 4 is 11.8 Å². The molecular formula is C25H31FO8. The Bertz CT molecular complexity index is 966. The van der Waals surface area contributed by atoms with Gasteiger partial charge in [0.1, 0.15) is 17.7 Å². The number of halogens is 1. The summed E-state index contributed by atoms with van der Waals surface area (Å²) in [4.78, 5) is 35.5. The van der Waals surface area contributed by atoms with Crippen LogP contribution in [0.2, 0.25) is 0 Å². The molecule has 1 fully saturated rings. The van der Waals surface area contributed by atoms with Crippen LogP contribution in [0.4, 0.5) is 4.39 Å². The molecule has 3 atom stereocenters. The summed E-state index contributed by atoms with van der Waals surface area (Å²) < 4.78 is 30.4.